The van der Waals surface area contributed by atoms with Crippen LogP contribution in [-0.4, -0.2) is 36.4 Å². The van der Waals surface area contributed by atoms with Gasteiger partial charge in [0, 0.05) is 13.8 Å². The van der Waals surface area contributed by atoms with Crippen LogP contribution in [0.15, 0.2) is 24.3 Å². The maximum atomic E-state index is 12.5. The highest BCUT2D eigenvalue weighted by Gasteiger charge is 2.31. The van der Waals surface area contributed by atoms with Crippen LogP contribution < -0.4 is 11.2 Å². The van der Waals surface area contributed by atoms with E-state index in [2.05, 4.69) is 5.48 Å². The van der Waals surface area contributed by atoms with E-state index in [1.54, 1.807) is 52.0 Å². The molecule has 0 aromatic carbocycles. The van der Waals surface area contributed by atoms with E-state index >= 15 is 0 Å². The van der Waals surface area contributed by atoms with Gasteiger partial charge in [-0.05, 0) is 30.5 Å². The Labute approximate surface area is 181 Å². The van der Waals surface area contributed by atoms with Crippen molar-refractivity contribution < 1.29 is 33.3 Å². The van der Waals surface area contributed by atoms with Gasteiger partial charge in [0.25, 0.3) is 5.34 Å². The summed E-state index contributed by atoms with van der Waals surface area (Å²) in [6.45, 7) is 6.77. The monoisotopic (exact) mass is 449 g/mol. The third-order valence-electron chi connectivity index (χ3n) is 4.29. The van der Waals surface area contributed by atoms with E-state index < -0.39 is 31.6 Å². The molecule has 0 fully saturated rings. The lowest BCUT2D eigenvalue weighted by molar-refractivity contribution is -0.138. The maximum Gasteiger partial charge on any atom is 0.361 e. The van der Waals surface area contributed by atoms with Crippen LogP contribution in [0.5, 0.6) is 0 Å². The van der Waals surface area contributed by atoms with Crippen LogP contribution in [0, 0.1) is 0 Å². The zero-order valence-electron chi connectivity index (χ0n) is 17.9. The number of hydroxylamine groups is 1. The lowest BCUT2D eigenvalue weighted by Gasteiger charge is -2.11. The van der Waals surface area contributed by atoms with Crippen LogP contribution in [-0.2, 0) is 30.1 Å². The average molecular weight is 449 g/mol. The van der Waals surface area contributed by atoms with Crippen molar-refractivity contribution in [3.05, 3.63) is 41.0 Å². The normalized spacial score (nSPS) is 11.4. The first-order chi connectivity index (χ1) is 14.6. The Kier molecular flexibility index (Phi) is 8.08. The van der Waals surface area contributed by atoms with Gasteiger partial charge in [0.05, 0.1) is 36.4 Å². The first-order valence-corrected chi connectivity index (χ1v) is 10.6. The molecule has 10 heteroatoms. The van der Waals surface area contributed by atoms with Gasteiger partial charge in [-0.1, -0.05) is 28.8 Å². The smallest absolute Gasteiger partial charge is 0.361 e. The molecule has 0 saturated carbocycles. The molecule has 9 nitrogen and oxygen atoms in total. The summed E-state index contributed by atoms with van der Waals surface area (Å²) in [4.78, 5) is 42.3. The van der Waals surface area contributed by atoms with Crippen molar-refractivity contribution in [2.24, 2.45) is 0 Å². The summed E-state index contributed by atoms with van der Waals surface area (Å²) >= 11 is 0. The van der Waals surface area contributed by atoms with Gasteiger partial charge in [0.2, 0.25) is 5.91 Å². The molecule has 0 radical (unpaired) electrons. The minimum absolute atomic E-state index is 0.00790. The second-order valence-electron chi connectivity index (χ2n) is 7.09. The summed E-state index contributed by atoms with van der Waals surface area (Å²) < 4.78 is 21.2. The van der Waals surface area contributed by atoms with Crippen molar-refractivity contribution >= 4 is 32.0 Å². The number of nitrogens with two attached hydrogens (primary N) is 1. The number of ether oxygens (including phenoxy) is 2. The van der Waals surface area contributed by atoms with Gasteiger partial charge >= 0.3 is 20.4 Å². The second-order valence-corrected chi connectivity index (χ2v) is 8.50. The van der Waals surface area contributed by atoms with Crippen LogP contribution in [0.1, 0.15) is 54.0 Å². The molecule has 0 aromatic rings. The molecule has 2 aliphatic carbocycles. The third kappa shape index (κ3) is 5.77. The summed E-state index contributed by atoms with van der Waals surface area (Å²) in [6, 6.07) is 6.49. The minimum atomic E-state index is -1.00. The van der Waals surface area contributed by atoms with Crippen molar-refractivity contribution in [1.29, 1.82) is 0 Å². The van der Waals surface area contributed by atoms with E-state index in [0.29, 0.717) is 16.7 Å². The predicted molar refractivity (Wildman–Crippen MR) is 115 cm³/mol. The molecule has 0 aromatic heterocycles. The number of amides is 1. The Morgan fingerprint density at radius 1 is 0.968 bits per heavy atom. The number of rotatable bonds is 9. The predicted octanol–water partition coefficient (Wildman–Crippen LogP) is 3.08. The molecule has 2 rings (SSSR count). The molecule has 0 saturated heterocycles. The van der Waals surface area contributed by atoms with Crippen LogP contribution >= 0.6 is 8.46 Å². The SMILES string of the molecule is CCOC(=O)c1c2ccc(CC(=O)NOC(C)(C)[PH+]=O)ccc-2c(C(=O)OCC)c1N. The summed E-state index contributed by atoms with van der Waals surface area (Å²) in [5.74, 6) is -1.76. The summed E-state index contributed by atoms with van der Waals surface area (Å²) in [6.07, 6.45) is -0.0473. The molecule has 31 heavy (non-hydrogen) atoms. The highest BCUT2D eigenvalue weighted by Crippen LogP contribution is 2.39. The number of carbonyl (C=O) groups is 3. The zero-order chi connectivity index (χ0) is 23.2. The van der Waals surface area contributed by atoms with E-state index in [0.717, 1.165) is 0 Å². The van der Waals surface area contributed by atoms with Gasteiger partial charge in [0.15, 0.2) is 0 Å². The Balaban J connectivity index is 2.44. The number of carbonyl (C=O) groups excluding carboxylic acids is 3. The van der Waals surface area contributed by atoms with E-state index in [1.165, 1.54) is 0 Å². The molecule has 1 amide bonds. The highest BCUT2D eigenvalue weighted by molar-refractivity contribution is 7.25. The molecule has 0 spiro atoms. The van der Waals surface area contributed by atoms with Crippen LogP contribution in [0.2, 0.25) is 0 Å². The van der Waals surface area contributed by atoms with Crippen molar-refractivity contribution in [3.63, 3.8) is 0 Å². The van der Waals surface area contributed by atoms with Gasteiger partial charge in [-0.25, -0.2) is 19.9 Å². The Hall–Kier alpha value is -3.03. The van der Waals surface area contributed by atoms with Crippen molar-refractivity contribution in [1.82, 2.24) is 5.48 Å². The number of nitrogens with one attached hydrogen (secondary N) is 1. The first kappa shape index (κ1) is 24.2. The van der Waals surface area contributed by atoms with Gasteiger partial charge in [0.1, 0.15) is 0 Å². The fourth-order valence-electron chi connectivity index (χ4n) is 2.86. The molecule has 166 valence electrons. The molecule has 1 unspecified atom stereocenters. The first-order valence-electron chi connectivity index (χ1n) is 9.69. The quantitative estimate of drug-likeness (QED) is 0.339. The Morgan fingerprint density at radius 2 is 1.45 bits per heavy atom. The molecule has 0 heterocycles. The standard InChI is InChI=1S/C21H25N2O7P/c1-5-28-19(25)16-13-9-7-12(11-15(24)23-30-21(3,4)31-27)8-10-14(13)17(18(16)22)20(26)29-6-2/h7-10H,5-6,11,22H2,1-4H3,(H,23,24)/p+1. The molecule has 2 aliphatic rings. The van der Waals surface area contributed by atoms with Crippen LogP contribution in [0.3, 0.4) is 0 Å². The number of hydrogen-bond donors (Lipinski definition) is 2. The van der Waals surface area contributed by atoms with Crippen molar-refractivity contribution in [3.8, 4) is 11.1 Å². The van der Waals surface area contributed by atoms with Crippen LogP contribution in [0.4, 0.5) is 5.69 Å². The van der Waals surface area contributed by atoms with Gasteiger partial charge < -0.3 is 15.2 Å². The topological polar surface area (TPSA) is 134 Å². The summed E-state index contributed by atoms with van der Waals surface area (Å²) in [5.41, 5.74) is 9.95. The number of fused-ring (bicyclic) bond motifs is 1. The lowest BCUT2D eigenvalue weighted by atomic mass is 10.1. The summed E-state index contributed by atoms with van der Waals surface area (Å²) in [7, 11) is -0.758. The number of anilines is 1. The second kappa shape index (κ2) is 10.3. The molecule has 0 aliphatic heterocycles. The van der Waals surface area contributed by atoms with E-state index in [4.69, 9.17) is 20.0 Å². The molecule has 0 bridgehead atoms. The minimum Gasteiger partial charge on any atom is -0.462 e. The zero-order valence-corrected chi connectivity index (χ0v) is 18.9. The van der Waals surface area contributed by atoms with Gasteiger partial charge in [-0.2, -0.15) is 0 Å². The average Bonchev–Trinajstić information content (AvgIpc) is 2.85. The van der Waals surface area contributed by atoms with Gasteiger partial charge in [-0.15, -0.1) is 0 Å². The Bertz CT molecular complexity index is 919. The van der Waals surface area contributed by atoms with Gasteiger partial charge in [-0.3, -0.25) is 4.79 Å². The fourth-order valence-corrected chi connectivity index (χ4v) is 2.95. The van der Waals surface area contributed by atoms with E-state index in [1.807, 2.05) is 0 Å². The largest absolute Gasteiger partial charge is 0.462 e. The Morgan fingerprint density at radius 3 is 1.87 bits per heavy atom. The fraction of sp³-hybridized carbons (Fsp3) is 0.381. The van der Waals surface area contributed by atoms with Crippen LogP contribution in [0.25, 0.3) is 11.1 Å². The molecule has 1 atom stereocenters. The van der Waals surface area contributed by atoms with E-state index in [9.17, 15) is 18.9 Å². The lowest BCUT2D eigenvalue weighted by Crippen LogP contribution is -2.33. The molecular formula is C21H26N2O7P+. The van der Waals surface area contributed by atoms with Crippen molar-refractivity contribution in [2.45, 2.75) is 39.5 Å². The number of hydrogen-bond acceptors (Lipinski definition) is 8. The maximum absolute atomic E-state index is 12.5. The van der Waals surface area contributed by atoms with Crippen molar-refractivity contribution in [2.75, 3.05) is 18.9 Å². The van der Waals surface area contributed by atoms with E-state index in [-0.39, 0.29) is 36.4 Å². The third-order valence-corrected chi connectivity index (χ3v) is 4.88. The number of nitrogen functional groups attached to an aromatic ring is 1. The highest BCUT2D eigenvalue weighted by atomic mass is 31.1. The molecular weight excluding hydrogens is 423 g/mol. The summed E-state index contributed by atoms with van der Waals surface area (Å²) in [5, 5.41) is -1.00. The number of esters is 2. The molecule has 3 N–H and O–H groups in total.